The summed E-state index contributed by atoms with van der Waals surface area (Å²) in [5.41, 5.74) is 1.31. The van der Waals surface area contributed by atoms with Gasteiger partial charge in [0, 0.05) is 13.1 Å². The minimum atomic E-state index is -1.05. The van der Waals surface area contributed by atoms with Crippen molar-refractivity contribution in [2.24, 2.45) is 0 Å². The number of hydrogen-bond acceptors (Lipinski definition) is 3. The van der Waals surface area contributed by atoms with Crippen LogP contribution in [0.5, 0.6) is 0 Å². The number of carbonyl (C=O) groups excluding carboxylic acids is 1. The summed E-state index contributed by atoms with van der Waals surface area (Å²) in [7, 11) is 1.43. The SMILES string of the molecule is CC(C(=O)O)N(C)C(=O)/C=C/c1ccc(C#N)cc1. The molecule has 0 aliphatic carbocycles. The number of benzene rings is 1. The standard InChI is InChI=1S/C14H14N2O3/c1-10(14(18)19)16(2)13(17)8-7-11-3-5-12(9-15)6-4-11/h3-8,10H,1-2H3,(H,18,19)/b8-7+. The van der Waals surface area contributed by atoms with E-state index in [0.717, 1.165) is 10.5 Å². The minimum Gasteiger partial charge on any atom is -0.480 e. The van der Waals surface area contributed by atoms with E-state index in [9.17, 15) is 9.59 Å². The molecular formula is C14H14N2O3. The molecule has 1 N–H and O–H groups in total. The molecule has 0 fully saturated rings. The van der Waals surface area contributed by atoms with Gasteiger partial charge < -0.3 is 10.0 Å². The third-order valence-corrected chi connectivity index (χ3v) is 2.74. The summed E-state index contributed by atoms with van der Waals surface area (Å²) in [6.45, 7) is 1.44. The van der Waals surface area contributed by atoms with Crippen LogP contribution in [0, 0.1) is 11.3 Å². The minimum absolute atomic E-state index is 0.390. The van der Waals surface area contributed by atoms with E-state index in [1.807, 2.05) is 6.07 Å². The molecule has 0 radical (unpaired) electrons. The molecule has 1 aromatic rings. The Morgan fingerprint density at radius 1 is 1.37 bits per heavy atom. The summed E-state index contributed by atoms with van der Waals surface area (Å²) in [6.07, 6.45) is 2.88. The molecule has 5 nitrogen and oxygen atoms in total. The Morgan fingerprint density at radius 2 is 1.95 bits per heavy atom. The van der Waals surface area contributed by atoms with E-state index in [1.54, 1.807) is 30.3 Å². The molecule has 0 aliphatic heterocycles. The first kappa shape index (κ1) is 14.5. The lowest BCUT2D eigenvalue weighted by atomic mass is 10.1. The van der Waals surface area contributed by atoms with Crippen LogP contribution in [0.4, 0.5) is 0 Å². The van der Waals surface area contributed by atoms with Crippen LogP contribution < -0.4 is 0 Å². The zero-order valence-electron chi connectivity index (χ0n) is 10.7. The van der Waals surface area contributed by atoms with Gasteiger partial charge >= 0.3 is 5.97 Å². The molecule has 1 amide bonds. The molecule has 0 aromatic heterocycles. The molecular weight excluding hydrogens is 244 g/mol. The lowest BCUT2D eigenvalue weighted by molar-refractivity contribution is -0.146. The maximum Gasteiger partial charge on any atom is 0.326 e. The number of carboxylic acids is 1. The van der Waals surface area contributed by atoms with Crippen LogP contribution >= 0.6 is 0 Å². The van der Waals surface area contributed by atoms with Gasteiger partial charge in [-0.25, -0.2) is 4.79 Å². The molecule has 0 bridgehead atoms. The maximum absolute atomic E-state index is 11.7. The van der Waals surface area contributed by atoms with Crippen LogP contribution in [0.2, 0.25) is 0 Å². The average molecular weight is 258 g/mol. The molecule has 0 saturated carbocycles. The van der Waals surface area contributed by atoms with Gasteiger partial charge in [-0.15, -0.1) is 0 Å². The topological polar surface area (TPSA) is 81.4 Å². The summed E-state index contributed by atoms with van der Waals surface area (Å²) in [6, 6.07) is 7.84. The summed E-state index contributed by atoms with van der Waals surface area (Å²) in [4.78, 5) is 23.6. The molecule has 0 saturated heterocycles. The number of carboxylic acid groups (broad SMARTS) is 1. The highest BCUT2D eigenvalue weighted by Crippen LogP contribution is 2.06. The van der Waals surface area contributed by atoms with Crippen molar-refractivity contribution >= 4 is 18.0 Å². The summed E-state index contributed by atoms with van der Waals surface area (Å²) in [5.74, 6) is -1.44. The molecule has 0 heterocycles. The van der Waals surface area contributed by atoms with Crippen molar-refractivity contribution in [1.29, 1.82) is 5.26 Å². The quantitative estimate of drug-likeness (QED) is 0.830. The number of rotatable bonds is 4. The first-order valence-corrected chi connectivity index (χ1v) is 5.63. The second kappa shape index (κ2) is 6.36. The summed E-state index contributed by atoms with van der Waals surface area (Å²) < 4.78 is 0. The van der Waals surface area contributed by atoms with E-state index in [1.165, 1.54) is 20.0 Å². The van der Waals surface area contributed by atoms with Crippen molar-refractivity contribution in [3.05, 3.63) is 41.5 Å². The van der Waals surface area contributed by atoms with Crippen molar-refractivity contribution in [3.63, 3.8) is 0 Å². The highest BCUT2D eigenvalue weighted by Gasteiger charge is 2.19. The summed E-state index contributed by atoms with van der Waals surface area (Å²) in [5, 5.41) is 17.4. The van der Waals surface area contributed by atoms with Crippen LogP contribution in [0.15, 0.2) is 30.3 Å². The number of amides is 1. The van der Waals surface area contributed by atoms with Gasteiger partial charge in [0.2, 0.25) is 5.91 Å². The maximum atomic E-state index is 11.7. The predicted octanol–water partition coefficient (Wildman–Crippen LogP) is 1.50. The Bertz CT molecular complexity index is 541. The fourth-order valence-electron chi connectivity index (χ4n) is 1.31. The van der Waals surface area contributed by atoms with E-state index >= 15 is 0 Å². The van der Waals surface area contributed by atoms with Crippen LogP contribution in [0.25, 0.3) is 6.08 Å². The third kappa shape index (κ3) is 3.96. The van der Waals surface area contributed by atoms with Crippen molar-refractivity contribution in [3.8, 4) is 6.07 Å². The number of hydrogen-bond donors (Lipinski definition) is 1. The Morgan fingerprint density at radius 3 is 2.42 bits per heavy atom. The van der Waals surface area contributed by atoms with Gasteiger partial charge in [0.15, 0.2) is 0 Å². The first-order valence-electron chi connectivity index (χ1n) is 5.63. The van der Waals surface area contributed by atoms with Crippen LogP contribution in [0.1, 0.15) is 18.1 Å². The predicted molar refractivity (Wildman–Crippen MR) is 70.1 cm³/mol. The van der Waals surface area contributed by atoms with Crippen molar-refractivity contribution in [2.75, 3.05) is 7.05 Å². The monoisotopic (exact) mass is 258 g/mol. The van der Waals surface area contributed by atoms with Crippen LogP contribution in [-0.2, 0) is 9.59 Å². The molecule has 19 heavy (non-hydrogen) atoms. The smallest absolute Gasteiger partial charge is 0.326 e. The van der Waals surface area contributed by atoms with E-state index in [4.69, 9.17) is 10.4 Å². The van der Waals surface area contributed by atoms with Gasteiger partial charge in [-0.1, -0.05) is 12.1 Å². The Labute approximate surface area is 111 Å². The Hall–Kier alpha value is -2.61. The average Bonchev–Trinajstić information content (AvgIpc) is 2.43. The van der Waals surface area contributed by atoms with E-state index in [-0.39, 0.29) is 5.91 Å². The molecule has 1 aromatic carbocycles. The van der Waals surface area contributed by atoms with Gasteiger partial charge in [-0.3, -0.25) is 4.79 Å². The van der Waals surface area contributed by atoms with Crippen molar-refractivity contribution in [2.45, 2.75) is 13.0 Å². The molecule has 0 aliphatic rings. The van der Waals surface area contributed by atoms with Crippen molar-refractivity contribution in [1.82, 2.24) is 4.90 Å². The summed E-state index contributed by atoms with van der Waals surface area (Å²) >= 11 is 0. The highest BCUT2D eigenvalue weighted by molar-refractivity contribution is 5.94. The van der Waals surface area contributed by atoms with E-state index in [0.29, 0.717) is 5.56 Å². The fraction of sp³-hybridized carbons (Fsp3) is 0.214. The lowest BCUT2D eigenvalue weighted by Gasteiger charge is -2.19. The van der Waals surface area contributed by atoms with Gasteiger partial charge in [0.1, 0.15) is 6.04 Å². The largest absolute Gasteiger partial charge is 0.480 e. The van der Waals surface area contributed by atoms with Gasteiger partial charge in [-0.2, -0.15) is 5.26 Å². The number of carbonyl (C=O) groups is 2. The van der Waals surface area contributed by atoms with Gasteiger partial charge in [0.25, 0.3) is 0 Å². The molecule has 0 spiro atoms. The van der Waals surface area contributed by atoms with Crippen LogP contribution in [-0.4, -0.2) is 35.0 Å². The number of nitrogens with zero attached hydrogens (tertiary/aromatic N) is 2. The number of nitriles is 1. The van der Waals surface area contributed by atoms with Crippen molar-refractivity contribution < 1.29 is 14.7 Å². The Balaban J connectivity index is 2.73. The highest BCUT2D eigenvalue weighted by atomic mass is 16.4. The molecule has 98 valence electrons. The Kier molecular flexibility index (Phi) is 4.84. The molecule has 1 unspecified atom stereocenters. The van der Waals surface area contributed by atoms with Gasteiger partial charge in [0.05, 0.1) is 11.6 Å². The fourth-order valence-corrected chi connectivity index (χ4v) is 1.31. The van der Waals surface area contributed by atoms with Gasteiger partial charge in [-0.05, 0) is 30.7 Å². The molecule has 5 heteroatoms. The molecule has 1 rings (SSSR count). The zero-order chi connectivity index (χ0) is 14.4. The molecule has 1 atom stereocenters. The normalized spacial score (nSPS) is 11.8. The second-order valence-corrected chi connectivity index (χ2v) is 4.03. The first-order chi connectivity index (χ1) is 8.95. The van der Waals surface area contributed by atoms with Crippen LogP contribution in [0.3, 0.4) is 0 Å². The zero-order valence-corrected chi connectivity index (χ0v) is 10.7. The number of aliphatic carboxylic acids is 1. The number of likely N-dealkylation sites (N-methyl/N-ethyl adjacent to an activating group) is 1. The van der Waals surface area contributed by atoms with E-state index in [2.05, 4.69) is 0 Å². The lowest BCUT2D eigenvalue weighted by Crippen LogP contribution is -2.39. The van der Waals surface area contributed by atoms with E-state index < -0.39 is 12.0 Å². The third-order valence-electron chi connectivity index (χ3n) is 2.74. The second-order valence-electron chi connectivity index (χ2n) is 4.03.